The molecule has 166 valence electrons. The highest BCUT2D eigenvalue weighted by molar-refractivity contribution is 7.99. The zero-order valence-corrected chi connectivity index (χ0v) is 19.0. The van der Waals surface area contributed by atoms with Crippen molar-refractivity contribution in [2.75, 3.05) is 51.6 Å². The Morgan fingerprint density at radius 3 is 2.35 bits per heavy atom. The summed E-state index contributed by atoms with van der Waals surface area (Å²) in [6.45, 7) is 9.11. The molecule has 4 rings (SSSR count). The van der Waals surface area contributed by atoms with Crippen LogP contribution in [0.4, 0.5) is 0 Å². The summed E-state index contributed by atoms with van der Waals surface area (Å²) in [5.74, 6) is 0.578. The van der Waals surface area contributed by atoms with Gasteiger partial charge in [0.25, 0.3) is 0 Å². The highest BCUT2D eigenvalue weighted by atomic mass is 32.2. The first-order chi connectivity index (χ1) is 15.0. The molecule has 0 unspecified atom stereocenters. The van der Waals surface area contributed by atoms with Crippen LogP contribution < -0.4 is 0 Å². The molecule has 0 bridgehead atoms. The van der Waals surface area contributed by atoms with E-state index in [-0.39, 0.29) is 17.6 Å². The predicted octanol–water partition coefficient (Wildman–Crippen LogP) is 1.14. The van der Waals surface area contributed by atoms with E-state index in [9.17, 15) is 9.59 Å². The Balaban J connectivity index is 1.26. The van der Waals surface area contributed by atoms with Crippen molar-refractivity contribution in [3.63, 3.8) is 0 Å². The number of rotatable bonds is 6. The standard InChI is InChI=1S/C21H29N7O2S/c1-16-5-6-18(13-17(16)2)28-21(22-23-24-28)31-15-20(30)27-11-9-25(10-12-27)14-19(29)26-7-3-4-8-26/h5-6,13H,3-4,7-12,14-15H2,1-2H3. The smallest absolute Gasteiger partial charge is 0.236 e. The SMILES string of the molecule is Cc1ccc(-n2nnnc2SCC(=O)N2CCN(CC(=O)N3CCCC3)CC2)cc1C. The number of carbonyl (C=O) groups excluding carboxylic acids is 2. The second-order valence-corrected chi connectivity index (χ2v) is 9.12. The van der Waals surface area contributed by atoms with Gasteiger partial charge in [0.2, 0.25) is 17.0 Å². The second-order valence-electron chi connectivity index (χ2n) is 8.18. The number of tetrazole rings is 1. The molecule has 3 heterocycles. The summed E-state index contributed by atoms with van der Waals surface area (Å²) in [6.07, 6.45) is 2.22. The van der Waals surface area contributed by atoms with E-state index in [1.165, 1.54) is 22.9 Å². The minimum atomic E-state index is 0.0742. The fourth-order valence-corrected chi connectivity index (χ4v) is 4.71. The minimum Gasteiger partial charge on any atom is -0.342 e. The van der Waals surface area contributed by atoms with E-state index in [1.807, 2.05) is 28.0 Å². The maximum Gasteiger partial charge on any atom is 0.236 e. The molecule has 10 heteroatoms. The van der Waals surface area contributed by atoms with Gasteiger partial charge in [0.05, 0.1) is 18.0 Å². The van der Waals surface area contributed by atoms with Gasteiger partial charge >= 0.3 is 0 Å². The highest BCUT2D eigenvalue weighted by Gasteiger charge is 2.25. The third kappa shape index (κ3) is 5.24. The second kappa shape index (κ2) is 9.78. The van der Waals surface area contributed by atoms with E-state index >= 15 is 0 Å². The molecular weight excluding hydrogens is 414 g/mol. The van der Waals surface area contributed by atoms with Crippen molar-refractivity contribution < 1.29 is 9.59 Å². The Labute approximate surface area is 186 Å². The Hall–Kier alpha value is -2.46. The van der Waals surface area contributed by atoms with Crippen molar-refractivity contribution in [2.24, 2.45) is 0 Å². The molecule has 0 aliphatic carbocycles. The average Bonchev–Trinajstić information content (AvgIpc) is 3.47. The maximum atomic E-state index is 12.7. The van der Waals surface area contributed by atoms with Crippen LogP contribution in [0.25, 0.3) is 5.69 Å². The van der Waals surface area contributed by atoms with Crippen LogP contribution in [0.15, 0.2) is 23.4 Å². The lowest BCUT2D eigenvalue weighted by molar-refractivity contribution is -0.133. The largest absolute Gasteiger partial charge is 0.342 e. The topological polar surface area (TPSA) is 87.5 Å². The molecule has 0 N–H and O–H groups in total. The molecule has 0 radical (unpaired) electrons. The number of amides is 2. The van der Waals surface area contributed by atoms with Crippen LogP contribution in [0.5, 0.6) is 0 Å². The zero-order valence-electron chi connectivity index (χ0n) is 18.2. The number of thioether (sulfide) groups is 1. The lowest BCUT2D eigenvalue weighted by atomic mass is 10.1. The lowest BCUT2D eigenvalue weighted by Crippen LogP contribution is -2.51. The Kier molecular flexibility index (Phi) is 6.86. The Morgan fingerprint density at radius 2 is 1.65 bits per heavy atom. The van der Waals surface area contributed by atoms with Gasteiger partial charge in [-0.1, -0.05) is 17.8 Å². The predicted molar refractivity (Wildman–Crippen MR) is 118 cm³/mol. The lowest BCUT2D eigenvalue weighted by Gasteiger charge is -2.35. The first-order valence-electron chi connectivity index (χ1n) is 10.8. The monoisotopic (exact) mass is 443 g/mol. The van der Waals surface area contributed by atoms with Crippen molar-refractivity contribution >= 4 is 23.6 Å². The van der Waals surface area contributed by atoms with E-state index in [4.69, 9.17) is 0 Å². The summed E-state index contributed by atoms with van der Waals surface area (Å²) in [5, 5.41) is 12.6. The van der Waals surface area contributed by atoms with Crippen molar-refractivity contribution in [1.82, 2.24) is 34.9 Å². The van der Waals surface area contributed by atoms with Gasteiger partial charge in [0, 0.05) is 39.3 Å². The molecule has 0 atom stereocenters. The summed E-state index contributed by atoms with van der Waals surface area (Å²) in [6, 6.07) is 6.06. The quantitative estimate of drug-likeness (QED) is 0.619. The number of aryl methyl sites for hydroxylation is 2. The number of nitrogens with zero attached hydrogens (tertiary/aromatic N) is 7. The Bertz CT molecular complexity index is 934. The van der Waals surface area contributed by atoms with E-state index in [0.717, 1.165) is 44.7 Å². The van der Waals surface area contributed by atoms with E-state index in [0.29, 0.717) is 24.8 Å². The van der Waals surface area contributed by atoms with Gasteiger partial charge in [0.15, 0.2) is 0 Å². The number of likely N-dealkylation sites (tertiary alicyclic amines) is 1. The van der Waals surface area contributed by atoms with Gasteiger partial charge in [-0.05, 0) is 60.4 Å². The van der Waals surface area contributed by atoms with Crippen molar-refractivity contribution in [3.8, 4) is 5.69 Å². The van der Waals surface area contributed by atoms with Gasteiger partial charge in [-0.3, -0.25) is 14.5 Å². The van der Waals surface area contributed by atoms with Crippen LogP contribution in [-0.2, 0) is 9.59 Å². The molecule has 2 saturated heterocycles. The number of carbonyl (C=O) groups is 2. The molecule has 2 amide bonds. The summed E-state index contributed by atoms with van der Waals surface area (Å²) in [4.78, 5) is 31.0. The number of hydrogen-bond donors (Lipinski definition) is 0. The molecule has 2 fully saturated rings. The molecule has 9 nitrogen and oxygen atoms in total. The molecule has 2 aliphatic heterocycles. The van der Waals surface area contributed by atoms with Crippen LogP contribution in [0, 0.1) is 13.8 Å². The molecule has 0 spiro atoms. The van der Waals surface area contributed by atoms with Crippen molar-refractivity contribution in [2.45, 2.75) is 31.8 Å². The number of benzene rings is 1. The van der Waals surface area contributed by atoms with Crippen LogP contribution in [0.3, 0.4) is 0 Å². The fourth-order valence-electron chi connectivity index (χ4n) is 3.92. The third-order valence-electron chi connectivity index (χ3n) is 6.04. The first-order valence-corrected chi connectivity index (χ1v) is 11.8. The molecule has 1 aromatic carbocycles. The average molecular weight is 444 g/mol. The molecule has 1 aromatic heterocycles. The Morgan fingerprint density at radius 1 is 0.935 bits per heavy atom. The third-order valence-corrected chi connectivity index (χ3v) is 6.95. The van der Waals surface area contributed by atoms with Crippen LogP contribution >= 0.6 is 11.8 Å². The van der Waals surface area contributed by atoms with Gasteiger partial charge < -0.3 is 9.80 Å². The van der Waals surface area contributed by atoms with Gasteiger partial charge in [0.1, 0.15) is 0 Å². The first kappa shape index (κ1) is 21.8. The minimum absolute atomic E-state index is 0.0742. The summed E-state index contributed by atoms with van der Waals surface area (Å²) < 4.78 is 1.67. The van der Waals surface area contributed by atoms with E-state index in [1.54, 1.807) is 4.68 Å². The summed E-state index contributed by atoms with van der Waals surface area (Å²) in [7, 11) is 0. The number of piperazine rings is 1. The molecule has 2 aliphatic rings. The van der Waals surface area contributed by atoms with Gasteiger partial charge in [-0.15, -0.1) is 5.10 Å². The van der Waals surface area contributed by atoms with Gasteiger partial charge in [-0.25, -0.2) is 0 Å². The van der Waals surface area contributed by atoms with Crippen LogP contribution in [0.1, 0.15) is 24.0 Å². The maximum absolute atomic E-state index is 12.7. The van der Waals surface area contributed by atoms with Crippen LogP contribution in [0.2, 0.25) is 0 Å². The van der Waals surface area contributed by atoms with E-state index < -0.39 is 0 Å². The number of aromatic nitrogens is 4. The van der Waals surface area contributed by atoms with Gasteiger partial charge in [-0.2, -0.15) is 4.68 Å². The molecule has 2 aromatic rings. The van der Waals surface area contributed by atoms with Crippen LogP contribution in [-0.4, -0.2) is 98.3 Å². The number of hydrogen-bond acceptors (Lipinski definition) is 7. The van der Waals surface area contributed by atoms with E-state index in [2.05, 4.69) is 34.3 Å². The van der Waals surface area contributed by atoms with Crippen molar-refractivity contribution in [1.29, 1.82) is 0 Å². The summed E-state index contributed by atoms with van der Waals surface area (Å²) in [5.41, 5.74) is 3.27. The fraction of sp³-hybridized carbons (Fsp3) is 0.571. The molecule has 0 saturated carbocycles. The highest BCUT2D eigenvalue weighted by Crippen LogP contribution is 2.21. The zero-order chi connectivity index (χ0) is 21.8. The molecule has 31 heavy (non-hydrogen) atoms. The summed E-state index contributed by atoms with van der Waals surface area (Å²) >= 11 is 1.35. The molecular formula is C21H29N7O2S. The van der Waals surface area contributed by atoms with Crippen molar-refractivity contribution in [3.05, 3.63) is 29.3 Å². The normalized spacial score (nSPS) is 17.4.